The van der Waals surface area contributed by atoms with Crippen molar-refractivity contribution in [1.29, 1.82) is 0 Å². The molecule has 0 saturated carbocycles. The predicted octanol–water partition coefficient (Wildman–Crippen LogP) is 2.01. The molecule has 1 heterocycles. The Kier molecular flexibility index (Phi) is 2.10. The molecule has 1 amide bonds. The molecular formula is C11H15NO2. The van der Waals surface area contributed by atoms with Crippen LogP contribution < -0.4 is 5.32 Å². The average Bonchev–Trinajstić information content (AvgIpc) is 2.47. The summed E-state index contributed by atoms with van der Waals surface area (Å²) >= 11 is 0. The maximum atomic E-state index is 11.1. The third-order valence-corrected chi connectivity index (χ3v) is 2.97. The average molecular weight is 193 g/mol. The van der Waals surface area contributed by atoms with Crippen LogP contribution in [0.1, 0.15) is 20.3 Å². The van der Waals surface area contributed by atoms with Crippen LogP contribution >= 0.6 is 0 Å². The minimum atomic E-state index is -0.299. The Bertz CT molecular complexity index is 308. The number of hydrogen-bond acceptors (Lipinski definition) is 2. The summed E-state index contributed by atoms with van der Waals surface area (Å²) in [6.07, 6.45) is 8.84. The summed E-state index contributed by atoms with van der Waals surface area (Å²) < 4.78 is 5.28. The van der Waals surface area contributed by atoms with Gasteiger partial charge in [0.05, 0.1) is 6.04 Å². The fourth-order valence-corrected chi connectivity index (χ4v) is 2.17. The van der Waals surface area contributed by atoms with Crippen LogP contribution in [-0.4, -0.2) is 18.2 Å². The topological polar surface area (TPSA) is 38.3 Å². The molecule has 2 rings (SSSR count). The molecule has 2 aliphatic rings. The molecule has 0 aromatic rings. The van der Waals surface area contributed by atoms with Gasteiger partial charge < -0.3 is 10.1 Å². The summed E-state index contributed by atoms with van der Waals surface area (Å²) in [6, 6.07) is 0.0867. The van der Waals surface area contributed by atoms with Gasteiger partial charge in [-0.1, -0.05) is 31.2 Å². The van der Waals surface area contributed by atoms with E-state index in [2.05, 4.69) is 24.4 Å². The Morgan fingerprint density at radius 2 is 2.36 bits per heavy atom. The second kappa shape index (κ2) is 3.15. The Morgan fingerprint density at radius 3 is 2.86 bits per heavy atom. The van der Waals surface area contributed by atoms with Crippen molar-refractivity contribution in [2.45, 2.75) is 32.4 Å². The first kappa shape index (κ1) is 9.31. The van der Waals surface area contributed by atoms with Crippen molar-refractivity contribution in [3.05, 3.63) is 24.3 Å². The third-order valence-electron chi connectivity index (χ3n) is 2.97. The Labute approximate surface area is 83.8 Å². The zero-order valence-electron chi connectivity index (χ0n) is 8.49. The standard InChI is InChI=1S/C11H15NO2/c1-8-9(14-10(13)12-8)11(2)6-4-3-5-7-11/h3-6,8-9H,7H2,1-2H3,(H,12,13)/t8-,9-,11?/m1/s1. The van der Waals surface area contributed by atoms with Gasteiger partial charge in [-0.05, 0) is 13.3 Å². The van der Waals surface area contributed by atoms with E-state index in [1.165, 1.54) is 0 Å². The number of amides is 1. The molecular weight excluding hydrogens is 178 g/mol. The van der Waals surface area contributed by atoms with Gasteiger partial charge in [0.2, 0.25) is 0 Å². The molecule has 3 heteroatoms. The predicted molar refractivity (Wildman–Crippen MR) is 53.9 cm³/mol. The second-order valence-electron chi connectivity index (χ2n) is 4.26. The molecule has 76 valence electrons. The maximum absolute atomic E-state index is 11.1. The van der Waals surface area contributed by atoms with Gasteiger partial charge in [-0.25, -0.2) is 4.79 Å². The number of allylic oxidation sites excluding steroid dienone is 3. The van der Waals surface area contributed by atoms with Gasteiger partial charge in [0.15, 0.2) is 0 Å². The quantitative estimate of drug-likeness (QED) is 0.691. The third kappa shape index (κ3) is 1.43. The highest BCUT2D eigenvalue weighted by Crippen LogP contribution is 2.36. The highest BCUT2D eigenvalue weighted by atomic mass is 16.6. The summed E-state index contributed by atoms with van der Waals surface area (Å²) in [5.41, 5.74) is -0.0622. The summed E-state index contributed by atoms with van der Waals surface area (Å²) in [4.78, 5) is 11.1. The molecule has 0 radical (unpaired) electrons. The Balaban J connectivity index is 2.18. The van der Waals surface area contributed by atoms with E-state index in [1.54, 1.807) is 0 Å². The molecule has 1 fully saturated rings. The summed E-state index contributed by atoms with van der Waals surface area (Å²) in [7, 11) is 0. The van der Waals surface area contributed by atoms with Crippen LogP contribution in [0.15, 0.2) is 24.3 Å². The molecule has 3 atom stereocenters. The zero-order chi connectivity index (χ0) is 10.2. The van der Waals surface area contributed by atoms with Crippen molar-refractivity contribution in [1.82, 2.24) is 5.32 Å². The second-order valence-corrected chi connectivity index (χ2v) is 4.26. The van der Waals surface area contributed by atoms with Gasteiger partial charge in [-0.3, -0.25) is 0 Å². The van der Waals surface area contributed by atoms with Gasteiger partial charge in [-0.15, -0.1) is 0 Å². The van der Waals surface area contributed by atoms with Crippen LogP contribution in [0.2, 0.25) is 0 Å². The monoisotopic (exact) mass is 193 g/mol. The number of cyclic esters (lactones) is 1. The van der Waals surface area contributed by atoms with Crippen molar-refractivity contribution in [3.8, 4) is 0 Å². The maximum Gasteiger partial charge on any atom is 0.407 e. The van der Waals surface area contributed by atoms with Gasteiger partial charge in [0, 0.05) is 5.41 Å². The lowest BCUT2D eigenvalue weighted by Gasteiger charge is -2.33. The summed E-state index contributed by atoms with van der Waals surface area (Å²) in [5.74, 6) is 0. The van der Waals surface area contributed by atoms with Crippen LogP contribution in [0.25, 0.3) is 0 Å². The van der Waals surface area contributed by atoms with E-state index in [-0.39, 0.29) is 23.7 Å². The van der Waals surface area contributed by atoms with E-state index in [0.717, 1.165) is 6.42 Å². The molecule has 1 aliphatic heterocycles. The smallest absolute Gasteiger partial charge is 0.407 e. The van der Waals surface area contributed by atoms with Crippen molar-refractivity contribution in [3.63, 3.8) is 0 Å². The lowest BCUT2D eigenvalue weighted by atomic mass is 9.76. The molecule has 0 spiro atoms. The van der Waals surface area contributed by atoms with E-state index in [0.29, 0.717) is 0 Å². The van der Waals surface area contributed by atoms with Gasteiger partial charge in [0.1, 0.15) is 6.10 Å². The van der Waals surface area contributed by atoms with Crippen LogP contribution in [-0.2, 0) is 4.74 Å². The molecule has 14 heavy (non-hydrogen) atoms. The molecule has 1 N–H and O–H groups in total. The lowest BCUT2D eigenvalue weighted by Crippen LogP contribution is -2.39. The minimum Gasteiger partial charge on any atom is -0.443 e. The van der Waals surface area contributed by atoms with Gasteiger partial charge in [-0.2, -0.15) is 0 Å². The van der Waals surface area contributed by atoms with Crippen molar-refractivity contribution >= 4 is 6.09 Å². The van der Waals surface area contributed by atoms with Crippen LogP contribution in [0.3, 0.4) is 0 Å². The molecule has 3 nitrogen and oxygen atoms in total. The number of carbonyl (C=O) groups excluding carboxylic acids is 1. The SMILES string of the molecule is C[C@H]1NC(=O)O[C@H]1C1(C)C=CC=CC1. The molecule has 1 saturated heterocycles. The van der Waals surface area contributed by atoms with E-state index in [4.69, 9.17) is 4.74 Å². The summed E-state index contributed by atoms with van der Waals surface area (Å²) in [6.45, 7) is 4.10. The van der Waals surface area contributed by atoms with Crippen LogP contribution in [0, 0.1) is 5.41 Å². The van der Waals surface area contributed by atoms with Crippen LogP contribution in [0.5, 0.6) is 0 Å². The Hall–Kier alpha value is -1.25. The first-order chi connectivity index (χ1) is 6.62. The fraction of sp³-hybridized carbons (Fsp3) is 0.545. The van der Waals surface area contributed by atoms with Gasteiger partial charge in [0.25, 0.3) is 0 Å². The fourth-order valence-electron chi connectivity index (χ4n) is 2.17. The Morgan fingerprint density at radius 1 is 1.57 bits per heavy atom. The lowest BCUT2D eigenvalue weighted by molar-refractivity contribution is 0.0654. The van der Waals surface area contributed by atoms with E-state index < -0.39 is 0 Å². The molecule has 0 bridgehead atoms. The molecule has 1 aliphatic carbocycles. The van der Waals surface area contributed by atoms with E-state index >= 15 is 0 Å². The number of alkyl carbamates (subject to hydrolysis) is 1. The highest BCUT2D eigenvalue weighted by Gasteiger charge is 2.43. The number of nitrogens with one attached hydrogen (secondary N) is 1. The minimum absolute atomic E-state index is 0.0591. The molecule has 0 aromatic heterocycles. The highest BCUT2D eigenvalue weighted by molar-refractivity contribution is 5.70. The number of rotatable bonds is 1. The summed E-state index contributed by atoms with van der Waals surface area (Å²) in [5, 5.41) is 2.77. The van der Waals surface area contributed by atoms with Crippen molar-refractivity contribution in [2.75, 3.05) is 0 Å². The van der Waals surface area contributed by atoms with Crippen molar-refractivity contribution in [2.24, 2.45) is 5.41 Å². The van der Waals surface area contributed by atoms with Gasteiger partial charge >= 0.3 is 6.09 Å². The normalized spacial score (nSPS) is 40.9. The van der Waals surface area contributed by atoms with Crippen molar-refractivity contribution < 1.29 is 9.53 Å². The van der Waals surface area contributed by atoms with E-state index in [1.807, 2.05) is 19.1 Å². The van der Waals surface area contributed by atoms with Crippen LogP contribution in [0.4, 0.5) is 4.79 Å². The number of ether oxygens (including phenoxy) is 1. The number of carbonyl (C=O) groups is 1. The largest absolute Gasteiger partial charge is 0.443 e. The molecule has 0 aromatic carbocycles. The molecule has 1 unspecified atom stereocenters. The first-order valence-corrected chi connectivity index (χ1v) is 4.93. The first-order valence-electron chi connectivity index (χ1n) is 4.93. The van der Waals surface area contributed by atoms with E-state index in [9.17, 15) is 4.79 Å². The number of hydrogen-bond donors (Lipinski definition) is 1. The zero-order valence-corrected chi connectivity index (χ0v) is 8.49.